The first-order valence-electron chi connectivity index (χ1n) is 8.84. The quantitative estimate of drug-likeness (QED) is 0.252. The summed E-state index contributed by atoms with van der Waals surface area (Å²) in [6.07, 6.45) is 4.59. The van der Waals surface area contributed by atoms with Crippen LogP contribution in [0.1, 0.15) is 30.4 Å². The average Bonchev–Trinajstić information content (AvgIpc) is 2.83. The number of carbonyl (C=O) groups excluding carboxylic acids is 2. The van der Waals surface area contributed by atoms with E-state index < -0.39 is 21.4 Å². The van der Waals surface area contributed by atoms with E-state index in [0.29, 0.717) is 41.5 Å². The second kappa shape index (κ2) is 8.39. The third-order valence-electron chi connectivity index (χ3n) is 4.57. The lowest BCUT2D eigenvalue weighted by atomic mass is 10.00. The van der Waals surface area contributed by atoms with Crippen molar-refractivity contribution in [1.29, 1.82) is 0 Å². The second-order valence-corrected chi connectivity index (χ2v) is 6.55. The Hall–Kier alpha value is -3.94. The SMILES string of the molecule is O=C1C(=O)/C(=C\c2ccc([N+](=O)[O-])cc2)CCC/C1=C/c1ccc([N+](=O)[O-])cc1. The third-order valence-corrected chi connectivity index (χ3v) is 4.57. The summed E-state index contributed by atoms with van der Waals surface area (Å²) in [5, 5.41) is 21.5. The number of hydrogen-bond acceptors (Lipinski definition) is 6. The molecule has 0 aliphatic heterocycles. The van der Waals surface area contributed by atoms with Crippen molar-refractivity contribution >= 4 is 35.1 Å². The number of allylic oxidation sites excluding steroid dienone is 2. The molecule has 0 bridgehead atoms. The van der Waals surface area contributed by atoms with E-state index in [1.807, 2.05) is 0 Å². The van der Waals surface area contributed by atoms with Gasteiger partial charge in [0.2, 0.25) is 11.6 Å². The molecule has 2 aromatic rings. The first-order valence-corrected chi connectivity index (χ1v) is 8.84. The van der Waals surface area contributed by atoms with Crippen molar-refractivity contribution in [3.05, 3.63) is 91.0 Å². The molecule has 0 N–H and O–H groups in total. The summed E-state index contributed by atoms with van der Waals surface area (Å²) in [5.41, 5.74) is 1.82. The van der Waals surface area contributed by atoms with E-state index in [1.165, 1.54) is 48.5 Å². The van der Waals surface area contributed by atoms with Crippen LogP contribution in [0, 0.1) is 20.2 Å². The maximum Gasteiger partial charge on any atom is 0.269 e. The van der Waals surface area contributed by atoms with E-state index in [4.69, 9.17) is 0 Å². The van der Waals surface area contributed by atoms with Gasteiger partial charge >= 0.3 is 0 Å². The Labute approximate surface area is 165 Å². The molecular formula is C21H16N2O6. The van der Waals surface area contributed by atoms with Gasteiger partial charge in [-0.15, -0.1) is 0 Å². The molecule has 1 saturated carbocycles. The summed E-state index contributed by atoms with van der Waals surface area (Å²) in [4.78, 5) is 45.7. The summed E-state index contributed by atoms with van der Waals surface area (Å²) in [6.45, 7) is 0. The number of ketones is 2. The molecule has 1 aliphatic carbocycles. The van der Waals surface area contributed by atoms with E-state index in [1.54, 1.807) is 12.2 Å². The lowest BCUT2D eigenvalue weighted by Crippen LogP contribution is -2.15. The number of carbonyl (C=O) groups is 2. The topological polar surface area (TPSA) is 120 Å². The number of nitro benzene ring substituents is 2. The second-order valence-electron chi connectivity index (χ2n) is 6.55. The van der Waals surface area contributed by atoms with Crippen molar-refractivity contribution in [2.24, 2.45) is 0 Å². The van der Waals surface area contributed by atoms with Crippen molar-refractivity contribution in [3.63, 3.8) is 0 Å². The molecule has 0 atom stereocenters. The molecule has 0 spiro atoms. The predicted molar refractivity (Wildman–Crippen MR) is 106 cm³/mol. The monoisotopic (exact) mass is 392 g/mol. The molecule has 1 aliphatic rings. The van der Waals surface area contributed by atoms with Crippen molar-refractivity contribution in [2.45, 2.75) is 19.3 Å². The minimum absolute atomic E-state index is 0.0521. The highest BCUT2D eigenvalue weighted by atomic mass is 16.6. The minimum Gasteiger partial charge on any atom is -0.285 e. The van der Waals surface area contributed by atoms with Gasteiger partial charge < -0.3 is 0 Å². The van der Waals surface area contributed by atoms with Crippen LogP contribution in [0.15, 0.2) is 59.7 Å². The average molecular weight is 392 g/mol. The van der Waals surface area contributed by atoms with E-state index in [9.17, 15) is 29.8 Å². The molecule has 0 aromatic heterocycles. The Morgan fingerprint density at radius 2 is 1.00 bits per heavy atom. The summed E-state index contributed by atoms with van der Waals surface area (Å²) in [7, 11) is 0. The van der Waals surface area contributed by atoms with Gasteiger partial charge in [0.25, 0.3) is 11.4 Å². The largest absolute Gasteiger partial charge is 0.285 e. The molecular weight excluding hydrogens is 376 g/mol. The Balaban J connectivity index is 1.83. The van der Waals surface area contributed by atoms with Crippen molar-refractivity contribution < 1.29 is 19.4 Å². The fraction of sp³-hybridized carbons (Fsp3) is 0.143. The Morgan fingerprint density at radius 1 is 0.655 bits per heavy atom. The fourth-order valence-electron chi connectivity index (χ4n) is 3.05. The van der Waals surface area contributed by atoms with Gasteiger partial charge in [-0.05, 0) is 66.8 Å². The van der Waals surface area contributed by atoms with E-state index in [-0.39, 0.29) is 11.4 Å². The van der Waals surface area contributed by atoms with E-state index >= 15 is 0 Å². The number of rotatable bonds is 4. The zero-order valence-electron chi connectivity index (χ0n) is 15.2. The van der Waals surface area contributed by atoms with Crippen LogP contribution in [0.4, 0.5) is 11.4 Å². The highest BCUT2D eigenvalue weighted by Gasteiger charge is 2.26. The summed E-state index contributed by atoms with van der Waals surface area (Å²) < 4.78 is 0. The van der Waals surface area contributed by atoms with Crippen LogP contribution in [-0.4, -0.2) is 21.4 Å². The van der Waals surface area contributed by atoms with Crippen LogP contribution >= 0.6 is 0 Å². The van der Waals surface area contributed by atoms with Gasteiger partial charge in [0.05, 0.1) is 9.85 Å². The zero-order valence-corrected chi connectivity index (χ0v) is 15.2. The lowest BCUT2D eigenvalue weighted by molar-refractivity contribution is -0.385. The van der Waals surface area contributed by atoms with E-state index in [2.05, 4.69) is 0 Å². The van der Waals surface area contributed by atoms with Gasteiger partial charge in [-0.1, -0.05) is 0 Å². The number of nitro groups is 2. The fourth-order valence-corrected chi connectivity index (χ4v) is 3.05. The van der Waals surface area contributed by atoms with Gasteiger partial charge in [0, 0.05) is 35.4 Å². The molecule has 29 heavy (non-hydrogen) atoms. The Kier molecular flexibility index (Phi) is 5.73. The first-order chi connectivity index (χ1) is 13.8. The molecule has 0 radical (unpaired) electrons. The Morgan fingerprint density at radius 3 is 1.31 bits per heavy atom. The number of nitrogens with zero attached hydrogens (tertiary/aromatic N) is 2. The lowest BCUT2D eigenvalue weighted by Gasteiger charge is -2.02. The molecule has 8 heteroatoms. The zero-order chi connectivity index (χ0) is 21.0. The molecule has 0 amide bonds. The minimum atomic E-state index is -0.603. The molecule has 0 saturated heterocycles. The van der Waals surface area contributed by atoms with Crippen LogP contribution in [0.3, 0.4) is 0 Å². The molecule has 2 aromatic carbocycles. The van der Waals surface area contributed by atoms with Crippen molar-refractivity contribution in [3.8, 4) is 0 Å². The van der Waals surface area contributed by atoms with Gasteiger partial charge in [-0.3, -0.25) is 29.8 Å². The van der Waals surface area contributed by atoms with Crippen LogP contribution in [-0.2, 0) is 9.59 Å². The standard InChI is InChI=1S/C21H16N2O6/c24-20-16(12-14-4-8-18(9-5-14)22(26)27)2-1-3-17(21(20)25)13-15-6-10-19(11-7-15)23(28)29/h4-13H,1-3H2/b16-12-,17-13-. The molecule has 0 heterocycles. The van der Waals surface area contributed by atoms with Crippen LogP contribution in [0.25, 0.3) is 12.2 Å². The maximum atomic E-state index is 12.6. The number of hydrogen-bond donors (Lipinski definition) is 0. The summed E-state index contributed by atoms with van der Waals surface area (Å²) in [5.74, 6) is -1.21. The van der Waals surface area contributed by atoms with Crippen molar-refractivity contribution in [2.75, 3.05) is 0 Å². The predicted octanol–water partition coefficient (Wildman–Crippen LogP) is 4.29. The van der Waals surface area contributed by atoms with Crippen LogP contribution in [0.5, 0.6) is 0 Å². The van der Waals surface area contributed by atoms with Crippen LogP contribution < -0.4 is 0 Å². The smallest absolute Gasteiger partial charge is 0.269 e. The molecule has 1 fully saturated rings. The Bertz CT molecular complexity index is 964. The first kappa shape index (κ1) is 19.8. The van der Waals surface area contributed by atoms with Gasteiger partial charge in [0.15, 0.2) is 0 Å². The highest BCUT2D eigenvalue weighted by molar-refractivity contribution is 6.50. The molecule has 8 nitrogen and oxygen atoms in total. The summed E-state index contributed by atoms with van der Waals surface area (Å²) in [6, 6.07) is 11.5. The molecule has 146 valence electrons. The van der Waals surface area contributed by atoms with Gasteiger partial charge in [-0.25, -0.2) is 0 Å². The molecule has 3 rings (SSSR count). The van der Waals surface area contributed by atoms with Crippen LogP contribution in [0.2, 0.25) is 0 Å². The molecule has 0 unspecified atom stereocenters. The normalized spacial score (nSPS) is 17.4. The maximum absolute atomic E-state index is 12.6. The third kappa shape index (κ3) is 4.67. The van der Waals surface area contributed by atoms with E-state index in [0.717, 1.165) is 0 Å². The van der Waals surface area contributed by atoms with Gasteiger partial charge in [-0.2, -0.15) is 0 Å². The van der Waals surface area contributed by atoms with Crippen molar-refractivity contribution in [1.82, 2.24) is 0 Å². The number of non-ortho nitro benzene ring substituents is 2. The highest BCUT2D eigenvalue weighted by Crippen LogP contribution is 2.26. The number of Topliss-reactive ketones (excluding diaryl/α,β-unsaturated/α-hetero) is 2. The number of benzene rings is 2. The summed E-state index contributed by atoms with van der Waals surface area (Å²) >= 11 is 0. The van der Waals surface area contributed by atoms with Gasteiger partial charge in [0.1, 0.15) is 0 Å².